The smallest absolute Gasteiger partial charge is 0.238 e. The Labute approximate surface area is 391 Å². The Bertz CT molecular complexity index is 4280. The van der Waals surface area contributed by atoms with Gasteiger partial charge in [0.2, 0.25) is 5.95 Å². The Hall–Kier alpha value is -8.99. The van der Waals surface area contributed by atoms with Gasteiger partial charge in [0.05, 0.1) is 16.4 Å². The van der Waals surface area contributed by atoms with Crippen LogP contribution in [-0.2, 0) is 5.41 Å². The molecule has 15 rings (SSSR count). The molecule has 10 aromatic carbocycles. The van der Waals surface area contributed by atoms with Crippen molar-refractivity contribution in [1.82, 2.24) is 19.5 Å². The predicted octanol–water partition coefficient (Wildman–Crippen LogP) is 13.8. The lowest BCUT2D eigenvalue weighted by atomic mass is 9.67. The number of aromatic nitrogens is 4. The molecule has 3 aliphatic carbocycles. The van der Waals surface area contributed by atoms with E-state index in [1.807, 2.05) is 18.2 Å². The molecule has 0 radical (unpaired) electrons. The van der Waals surface area contributed by atoms with Crippen LogP contribution in [0.4, 0.5) is 0 Å². The number of para-hydroxylation sites is 2. The zero-order chi connectivity index (χ0) is 44.5. The third kappa shape index (κ3) is 5.17. The highest BCUT2D eigenvalue weighted by Crippen LogP contribution is 2.57. The highest BCUT2D eigenvalue weighted by Gasteiger charge is 2.46. The van der Waals surface area contributed by atoms with E-state index in [1.54, 1.807) is 0 Å². The van der Waals surface area contributed by atoms with Crippen LogP contribution in [-0.4, -0.2) is 19.5 Å². The Morgan fingerprint density at radius 2 is 0.926 bits per heavy atom. The van der Waals surface area contributed by atoms with Crippen molar-refractivity contribution in [3.05, 3.63) is 252 Å². The molecule has 0 N–H and O–H groups in total. The zero-order valence-electron chi connectivity index (χ0n) is 36.7. The Morgan fingerprint density at radius 3 is 1.65 bits per heavy atom. The molecule has 0 saturated carbocycles. The normalized spacial score (nSPS) is 14.1. The molecule has 1 spiro atoms. The monoisotopic (exact) mass is 862 g/mol. The number of fused-ring (bicyclic) bond motifs is 17. The van der Waals surface area contributed by atoms with Gasteiger partial charge >= 0.3 is 0 Å². The van der Waals surface area contributed by atoms with Gasteiger partial charge in [-0.25, -0.2) is 4.98 Å². The lowest BCUT2D eigenvalue weighted by Crippen LogP contribution is -2.33. The van der Waals surface area contributed by atoms with Gasteiger partial charge in [0.25, 0.3) is 0 Å². The van der Waals surface area contributed by atoms with E-state index in [4.69, 9.17) is 15.0 Å². The van der Waals surface area contributed by atoms with E-state index in [0.29, 0.717) is 17.6 Å². The molecule has 3 aliphatic rings. The van der Waals surface area contributed by atoms with E-state index in [9.17, 15) is 0 Å². The SMILES string of the molecule is C1=CC2(C3=c4cc5c6ccc(-c7cccc(-c8nc(-c9ccccc9)nc(-n9c%10ccccc%10c%10ccccc%109)n8)c7)cc6c6ccccc6c5cc4=CC3=C1)c1ccccc1-c1ccccc12. The van der Waals surface area contributed by atoms with Crippen molar-refractivity contribution in [2.45, 2.75) is 5.41 Å². The quantitative estimate of drug-likeness (QED) is 0.166. The zero-order valence-corrected chi connectivity index (χ0v) is 36.7. The third-order valence-electron chi connectivity index (χ3n) is 14.8. The lowest BCUT2D eigenvalue weighted by molar-refractivity contribution is 0.859. The molecule has 0 fully saturated rings. The van der Waals surface area contributed by atoms with Gasteiger partial charge in [-0.3, -0.25) is 4.57 Å². The molecule has 12 aromatic rings. The molecule has 2 heterocycles. The molecule has 4 nitrogen and oxygen atoms in total. The summed E-state index contributed by atoms with van der Waals surface area (Å²) in [6.45, 7) is 0. The molecular weight excluding hydrogens is 825 g/mol. The molecule has 4 heteroatoms. The second-order valence-electron chi connectivity index (χ2n) is 18.3. The second-order valence-corrected chi connectivity index (χ2v) is 18.3. The minimum Gasteiger partial charge on any atom is -0.278 e. The maximum Gasteiger partial charge on any atom is 0.238 e. The summed E-state index contributed by atoms with van der Waals surface area (Å²) in [5.74, 6) is 1.83. The van der Waals surface area contributed by atoms with Crippen LogP contribution in [0.25, 0.3) is 117 Å². The van der Waals surface area contributed by atoms with E-state index >= 15 is 0 Å². The summed E-state index contributed by atoms with van der Waals surface area (Å²) in [4.78, 5) is 15.6. The number of hydrogen-bond donors (Lipinski definition) is 0. The largest absolute Gasteiger partial charge is 0.278 e. The van der Waals surface area contributed by atoms with Gasteiger partial charge in [0, 0.05) is 21.9 Å². The van der Waals surface area contributed by atoms with E-state index in [0.717, 1.165) is 44.1 Å². The molecule has 0 atom stereocenters. The van der Waals surface area contributed by atoms with Crippen LogP contribution in [0.5, 0.6) is 0 Å². The Balaban J connectivity index is 0.921. The first kappa shape index (κ1) is 37.3. The first-order chi connectivity index (χ1) is 33.7. The number of nitrogens with zero attached hydrogens (tertiary/aromatic N) is 4. The van der Waals surface area contributed by atoms with Crippen molar-refractivity contribution in [3.63, 3.8) is 0 Å². The number of allylic oxidation sites excluding steroid dienone is 4. The fourth-order valence-electron chi connectivity index (χ4n) is 11.9. The minimum atomic E-state index is -0.373. The van der Waals surface area contributed by atoms with Crippen molar-refractivity contribution in [2.24, 2.45) is 0 Å². The predicted molar refractivity (Wildman–Crippen MR) is 280 cm³/mol. The van der Waals surface area contributed by atoms with Crippen molar-refractivity contribution < 1.29 is 0 Å². The van der Waals surface area contributed by atoms with Gasteiger partial charge in [0.15, 0.2) is 11.6 Å². The third-order valence-corrected chi connectivity index (χ3v) is 14.8. The summed E-state index contributed by atoms with van der Waals surface area (Å²) >= 11 is 0. The summed E-state index contributed by atoms with van der Waals surface area (Å²) in [6, 6.07) is 74.7. The minimum absolute atomic E-state index is 0.373. The van der Waals surface area contributed by atoms with Gasteiger partial charge in [0.1, 0.15) is 0 Å². The number of benzene rings is 10. The molecule has 314 valence electrons. The summed E-state index contributed by atoms with van der Waals surface area (Å²) < 4.78 is 2.17. The molecule has 0 aliphatic heterocycles. The van der Waals surface area contributed by atoms with Crippen molar-refractivity contribution in [1.29, 1.82) is 0 Å². The fourth-order valence-corrected chi connectivity index (χ4v) is 11.9. The van der Waals surface area contributed by atoms with Gasteiger partial charge in [-0.15, -0.1) is 0 Å². The van der Waals surface area contributed by atoms with Crippen molar-refractivity contribution >= 4 is 65.8 Å². The first-order valence-corrected chi connectivity index (χ1v) is 23.3. The van der Waals surface area contributed by atoms with Crippen LogP contribution >= 0.6 is 0 Å². The van der Waals surface area contributed by atoms with E-state index in [2.05, 4.69) is 217 Å². The number of rotatable bonds is 4. The molecule has 0 saturated heterocycles. The average Bonchev–Trinajstić information content (AvgIpc) is 4.05. The molecule has 68 heavy (non-hydrogen) atoms. The Morgan fingerprint density at radius 1 is 0.382 bits per heavy atom. The summed E-state index contributed by atoms with van der Waals surface area (Å²) in [6.07, 6.45) is 9.42. The van der Waals surface area contributed by atoms with Crippen LogP contribution in [0.3, 0.4) is 0 Å². The van der Waals surface area contributed by atoms with Crippen LogP contribution in [0.2, 0.25) is 0 Å². The fraction of sp³-hybridized carbons (Fsp3) is 0.0156. The number of hydrogen-bond acceptors (Lipinski definition) is 3. The van der Waals surface area contributed by atoms with Crippen LogP contribution in [0, 0.1) is 0 Å². The molecule has 0 unspecified atom stereocenters. The second kappa shape index (κ2) is 14.0. The first-order valence-electron chi connectivity index (χ1n) is 23.3. The van der Waals surface area contributed by atoms with Crippen LogP contribution in [0.15, 0.2) is 230 Å². The van der Waals surface area contributed by atoms with E-state index < -0.39 is 0 Å². The Kier molecular flexibility index (Phi) is 7.67. The van der Waals surface area contributed by atoms with Gasteiger partial charge in [-0.2, -0.15) is 9.97 Å². The highest BCUT2D eigenvalue weighted by atomic mass is 15.2. The standard InChI is InChI=1S/C64H38N4/c1-2-16-39(17-3-1)61-65-62(67-63(66-61)68-58-29-12-8-25-50(58)51-26-9-13-30-59(51)68)43-19-14-18-40(34-43)41-31-32-47-53(36-41)45-21-4-5-22-46(45)54-37-44-35-42-20-15-33-64(60(42)52(44)38-55(47)54)56-27-10-6-23-48(56)49-24-7-11-28-57(49)64/h1-38H. The maximum atomic E-state index is 5.27. The van der Waals surface area contributed by atoms with Gasteiger partial charge in [-0.1, -0.05) is 188 Å². The topological polar surface area (TPSA) is 43.6 Å². The molecule has 2 aromatic heterocycles. The van der Waals surface area contributed by atoms with Crippen LogP contribution < -0.4 is 10.4 Å². The van der Waals surface area contributed by atoms with Crippen LogP contribution in [0.1, 0.15) is 11.1 Å². The molecule has 0 bridgehead atoms. The highest BCUT2D eigenvalue weighted by molar-refractivity contribution is 6.26. The average molecular weight is 863 g/mol. The van der Waals surface area contributed by atoms with E-state index in [-0.39, 0.29) is 5.41 Å². The van der Waals surface area contributed by atoms with Gasteiger partial charge < -0.3 is 0 Å². The maximum absolute atomic E-state index is 5.27. The summed E-state index contributed by atoms with van der Waals surface area (Å²) in [5.41, 5.74) is 13.8. The van der Waals surface area contributed by atoms with Crippen molar-refractivity contribution in [3.8, 4) is 51.0 Å². The molecular formula is C64H38N4. The summed E-state index contributed by atoms with van der Waals surface area (Å²) in [7, 11) is 0. The van der Waals surface area contributed by atoms with Crippen molar-refractivity contribution in [2.75, 3.05) is 0 Å². The summed E-state index contributed by atoms with van der Waals surface area (Å²) in [5, 5.41) is 12.4. The molecule has 0 amide bonds. The van der Waals surface area contributed by atoms with Gasteiger partial charge in [-0.05, 0) is 130 Å². The van der Waals surface area contributed by atoms with E-state index in [1.165, 1.54) is 76.2 Å². The lowest BCUT2D eigenvalue weighted by Gasteiger charge is -2.34.